The van der Waals surface area contributed by atoms with E-state index < -0.39 is 0 Å². The molecule has 1 saturated carbocycles. The molecule has 1 spiro atoms. The third-order valence-corrected chi connectivity index (χ3v) is 3.88. The number of hydrogen-bond acceptors (Lipinski definition) is 3. The number of ether oxygens (including phenoxy) is 1. The van der Waals surface area contributed by atoms with E-state index in [0.717, 1.165) is 38.9 Å². The Balaban J connectivity index is 0.000000980. The molecule has 2 atom stereocenters. The lowest BCUT2D eigenvalue weighted by Crippen LogP contribution is -2.40. The summed E-state index contributed by atoms with van der Waals surface area (Å²) in [5, 5.41) is 10.1. The lowest BCUT2D eigenvalue weighted by Gasteiger charge is -2.37. The number of aliphatic hydroxyl groups is 1. The minimum atomic E-state index is -0.179. The summed E-state index contributed by atoms with van der Waals surface area (Å²) < 4.78 is 5.33. The molecule has 0 aromatic heterocycles. The van der Waals surface area contributed by atoms with Crippen molar-refractivity contribution in [1.29, 1.82) is 0 Å². The van der Waals surface area contributed by atoms with Gasteiger partial charge in [-0.2, -0.15) is 0 Å². The number of nitrogens with two attached hydrogens (primary N) is 1. The van der Waals surface area contributed by atoms with Crippen LogP contribution in [-0.2, 0) is 4.74 Å². The highest BCUT2D eigenvalue weighted by Crippen LogP contribution is 2.48. The molecule has 0 bridgehead atoms. The van der Waals surface area contributed by atoms with E-state index in [-0.39, 0.29) is 23.9 Å². The maximum atomic E-state index is 10.1. The molecule has 1 heterocycles. The quantitative estimate of drug-likeness (QED) is 0.693. The highest BCUT2D eigenvalue weighted by molar-refractivity contribution is 5.85. The predicted molar refractivity (Wildman–Crippen MR) is 57.5 cm³/mol. The van der Waals surface area contributed by atoms with Crippen LogP contribution in [0.2, 0.25) is 0 Å². The molecule has 3 N–H and O–H groups in total. The van der Waals surface area contributed by atoms with Crippen LogP contribution in [0, 0.1) is 11.3 Å². The third-order valence-electron chi connectivity index (χ3n) is 3.88. The molecular weight excluding hydrogens is 202 g/mol. The molecule has 4 heteroatoms. The fourth-order valence-corrected chi connectivity index (χ4v) is 2.85. The molecule has 0 radical (unpaired) electrons. The normalized spacial score (nSPS) is 35.6. The molecule has 0 aromatic carbocycles. The fourth-order valence-electron chi connectivity index (χ4n) is 2.85. The van der Waals surface area contributed by atoms with Crippen LogP contribution in [0.4, 0.5) is 0 Å². The van der Waals surface area contributed by atoms with Crippen LogP contribution in [0.1, 0.15) is 25.7 Å². The van der Waals surface area contributed by atoms with Crippen LogP contribution in [0.3, 0.4) is 0 Å². The van der Waals surface area contributed by atoms with Crippen molar-refractivity contribution in [2.75, 3.05) is 19.8 Å². The summed E-state index contributed by atoms with van der Waals surface area (Å²) in [5.74, 6) is 0.332. The zero-order valence-corrected chi connectivity index (χ0v) is 9.26. The molecule has 14 heavy (non-hydrogen) atoms. The molecule has 1 aliphatic carbocycles. The van der Waals surface area contributed by atoms with E-state index in [1.807, 2.05) is 0 Å². The summed E-state index contributed by atoms with van der Waals surface area (Å²) in [5.41, 5.74) is 5.78. The molecule has 0 aromatic rings. The summed E-state index contributed by atoms with van der Waals surface area (Å²) in [7, 11) is 0. The van der Waals surface area contributed by atoms with Gasteiger partial charge in [0.1, 0.15) is 0 Å². The van der Waals surface area contributed by atoms with Gasteiger partial charge in [-0.3, -0.25) is 0 Å². The van der Waals surface area contributed by atoms with Crippen molar-refractivity contribution in [3.05, 3.63) is 0 Å². The predicted octanol–water partition coefficient (Wildman–Crippen LogP) is 0.935. The van der Waals surface area contributed by atoms with Crippen molar-refractivity contribution < 1.29 is 9.84 Å². The minimum Gasteiger partial charge on any atom is -0.392 e. The zero-order chi connectivity index (χ0) is 9.31. The first-order chi connectivity index (χ1) is 6.28. The van der Waals surface area contributed by atoms with E-state index in [9.17, 15) is 5.11 Å². The van der Waals surface area contributed by atoms with E-state index >= 15 is 0 Å². The highest BCUT2D eigenvalue weighted by atomic mass is 35.5. The van der Waals surface area contributed by atoms with Gasteiger partial charge in [0.2, 0.25) is 0 Å². The zero-order valence-electron chi connectivity index (χ0n) is 8.45. The Morgan fingerprint density at radius 1 is 1.29 bits per heavy atom. The summed E-state index contributed by atoms with van der Waals surface area (Å²) in [6.07, 6.45) is 4.09. The van der Waals surface area contributed by atoms with Crippen LogP contribution in [0.15, 0.2) is 0 Å². The van der Waals surface area contributed by atoms with E-state index in [2.05, 4.69) is 0 Å². The van der Waals surface area contributed by atoms with Crippen LogP contribution >= 0.6 is 12.4 Å². The topological polar surface area (TPSA) is 55.5 Å². The van der Waals surface area contributed by atoms with Gasteiger partial charge >= 0.3 is 0 Å². The SMILES string of the molecule is Cl.NCC1CCC2(CCOCC2)C1O. The first-order valence-electron chi connectivity index (χ1n) is 5.24. The average molecular weight is 222 g/mol. The molecule has 0 amide bonds. The van der Waals surface area contributed by atoms with Gasteiger partial charge in [0, 0.05) is 18.6 Å². The summed E-state index contributed by atoms with van der Waals surface area (Å²) >= 11 is 0. The van der Waals surface area contributed by atoms with Gasteiger partial charge in [-0.1, -0.05) is 0 Å². The van der Waals surface area contributed by atoms with Crippen LogP contribution < -0.4 is 5.73 Å². The van der Waals surface area contributed by atoms with Gasteiger partial charge in [0.05, 0.1) is 6.10 Å². The number of halogens is 1. The number of aliphatic hydroxyl groups excluding tert-OH is 1. The minimum absolute atomic E-state index is 0. The Hall–Kier alpha value is 0.170. The molecule has 84 valence electrons. The van der Waals surface area contributed by atoms with Gasteiger partial charge < -0.3 is 15.6 Å². The molecular formula is C10H20ClNO2. The monoisotopic (exact) mass is 221 g/mol. The molecule has 2 aliphatic rings. The maximum Gasteiger partial charge on any atom is 0.0638 e. The first kappa shape index (κ1) is 12.2. The van der Waals surface area contributed by atoms with Crippen LogP contribution in [0.25, 0.3) is 0 Å². The van der Waals surface area contributed by atoms with Crippen molar-refractivity contribution in [1.82, 2.24) is 0 Å². The second kappa shape index (κ2) is 4.79. The van der Waals surface area contributed by atoms with E-state index in [0.29, 0.717) is 12.5 Å². The van der Waals surface area contributed by atoms with Gasteiger partial charge in [-0.15, -0.1) is 12.4 Å². The maximum absolute atomic E-state index is 10.1. The first-order valence-corrected chi connectivity index (χ1v) is 5.24. The Kier molecular flexibility index (Phi) is 4.19. The van der Waals surface area contributed by atoms with Crippen molar-refractivity contribution in [3.63, 3.8) is 0 Å². The van der Waals surface area contributed by atoms with Gasteiger partial charge in [-0.25, -0.2) is 0 Å². The second-order valence-electron chi connectivity index (χ2n) is 4.45. The molecule has 2 rings (SSSR count). The molecule has 1 aliphatic heterocycles. The van der Waals surface area contributed by atoms with Crippen molar-refractivity contribution >= 4 is 12.4 Å². The highest BCUT2D eigenvalue weighted by Gasteiger charge is 2.47. The average Bonchev–Trinajstić information content (AvgIpc) is 2.47. The molecule has 2 fully saturated rings. The van der Waals surface area contributed by atoms with Crippen LogP contribution in [-0.4, -0.2) is 31.0 Å². The standard InChI is InChI=1S/C10H19NO2.ClH/c11-7-8-1-2-10(9(8)12)3-5-13-6-4-10;/h8-9,12H,1-7,11H2;1H. The van der Waals surface area contributed by atoms with E-state index in [1.54, 1.807) is 0 Å². The molecule has 3 nitrogen and oxygen atoms in total. The van der Waals surface area contributed by atoms with Crippen molar-refractivity contribution in [2.24, 2.45) is 17.1 Å². The van der Waals surface area contributed by atoms with Crippen LogP contribution in [0.5, 0.6) is 0 Å². The molecule has 1 saturated heterocycles. The summed E-state index contributed by atoms with van der Waals surface area (Å²) in [4.78, 5) is 0. The number of hydrogen-bond donors (Lipinski definition) is 2. The second-order valence-corrected chi connectivity index (χ2v) is 4.45. The fraction of sp³-hybridized carbons (Fsp3) is 1.00. The third kappa shape index (κ3) is 1.91. The van der Waals surface area contributed by atoms with Gasteiger partial charge in [-0.05, 0) is 38.1 Å². The smallest absolute Gasteiger partial charge is 0.0638 e. The molecule has 2 unspecified atom stereocenters. The largest absolute Gasteiger partial charge is 0.392 e. The lowest BCUT2D eigenvalue weighted by molar-refractivity contribution is -0.0549. The Labute approximate surface area is 91.4 Å². The van der Waals surface area contributed by atoms with Crippen molar-refractivity contribution in [2.45, 2.75) is 31.8 Å². The Bertz CT molecular complexity index is 183. The van der Waals surface area contributed by atoms with Gasteiger partial charge in [0.25, 0.3) is 0 Å². The number of rotatable bonds is 1. The van der Waals surface area contributed by atoms with Crippen molar-refractivity contribution in [3.8, 4) is 0 Å². The van der Waals surface area contributed by atoms with Gasteiger partial charge in [0.15, 0.2) is 0 Å². The van der Waals surface area contributed by atoms with E-state index in [4.69, 9.17) is 10.5 Å². The lowest BCUT2D eigenvalue weighted by atomic mass is 9.76. The summed E-state index contributed by atoms with van der Waals surface area (Å²) in [6, 6.07) is 0. The van der Waals surface area contributed by atoms with E-state index in [1.165, 1.54) is 0 Å². The Morgan fingerprint density at radius 2 is 1.93 bits per heavy atom. The Morgan fingerprint density at radius 3 is 2.43 bits per heavy atom. The summed E-state index contributed by atoms with van der Waals surface area (Å²) in [6.45, 7) is 2.26.